The average Bonchev–Trinajstić information content (AvgIpc) is 2.40. The highest BCUT2D eigenvalue weighted by Crippen LogP contribution is 2.14. The molecule has 98 valence electrons. The van der Waals surface area contributed by atoms with Crippen LogP contribution < -0.4 is 5.73 Å². The van der Waals surface area contributed by atoms with Crippen molar-refractivity contribution >= 4 is 6.08 Å². The molecular weight excluding hydrogens is 222 g/mol. The van der Waals surface area contributed by atoms with Gasteiger partial charge in [-0.25, -0.2) is 0 Å². The molecule has 3 nitrogen and oxygen atoms in total. The fourth-order valence-electron chi connectivity index (χ4n) is 2.28. The predicted molar refractivity (Wildman–Crippen MR) is 77.3 cm³/mol. The van der Waals surface area contributed by atoms with Crippen molar-refractivity contribution < 1.29 is 0 Å². The van der Waals surface area contributed by atoms with E-state index in [9.17, 15) is 0 Å². The molecule has 0 unspecified atom stereocenters. The average molecular weight is 245 g/mol. The number of rotatable bonds is 4. The van der Waals surface area contributed by atoms with E-state index in [2.05, 4.69) is 47.2 Å². The minimum absolute atomic E-state index is 0.600. The summed E-state index contributed by atoms with van der Waals surface area (Å²) in [6, 6.07) is 8.58. The van der Waals surface area contributed by atoms with E-state index < -0.39 is 0 Å². The maximum atomic E-state index is 5.52. The Morgan fingerprint density at radius 1 is 1.17 bits per heavy atom. The summed E-state index contributed by atoms with van der Waals surface area (Å²) in [6.45, 7) is 6.29. The molecule has 0 radical (unpaired) electrons. The van der Waals surface area contributed by atoms with Gasteiger partial charge in [0.1, 0.15) is 0 Å². The van der Waals surface area contributed by atoms with Gasteiger partial charge in [-0.3, -0.25) is 4.90 Å². The summed E-state index contributed by atoms with van der Waals surface area (Å²) in [7, 11) is 2.19. The number of piperazine rings is 1. The Bertz CT molecular complexity index is 392. The third-order valence-corrected chi connectivity index (χ3v) is 3.48. The lowest BCUT2D eigenvalue weighted by Gasteiger charge is -2.32. The topological polar surface area (TPSA) is 32.5 Å². The summed E-state index contributed by atoms with van der Waals surface area (Å²) in [5, 5.41) is 0. The second-order valence-corrected chi connectivity index (χ2v) is 4.92. The fraction of sp³-hybridized carbons (Fsp3) is 0.467. The van der Waals surface area contributed by atoms with Gasteiger partial charge in [-0.2, -0.15) is 0 Å². The lowest BCUT2D eigenvalue weighted by molar-refractivity contribution is 0.148. The highest BCUT2D eigenvalue weighted by atomic mass is 15.2. The van der Waals surface area contributed by atoms with E-state index in [-0.39, 0.29) is 0 Å². The van der Waals surface area contributed by atoms with E-state index in [1.807, 2.05) is 6.08 Å². The van der Waals surface area contributed by atoms with Crippen molar-refractivity contribution in [2.75, 3.05) is 39.8 Å². The minimum atomic E-state index is 0.600. The van der Waals surface area contributed by atoms with Crippen LogP contribution in [0.4, 0.5) is 0 Å². The first-order valence-electron chi connectivity index (χ1n) is 6.65. The molecule has 0 spiro atoms. The Balaban J connectivity index is 2.02. The number of nitrogens with two attached hydrogens (primary N) is 1. The van der Waals surface area contributed by atoms with E-state index in [1.54, 1.807) is 0 Å². The van der Waals surface area contributed by atoms with Crippen LogP contribution in [-0.2, 0) is 6.54 Å². The Morgan fingerprint density at radius 2 is 1.89 bits per heavy atom. The molecular formula is C15H23N3. The quantitative estimate of drug-likeness (QED) is 0.870. The van der Waals surface area contributed by atoms with Crippen LogP contribution in [0.3, 0.4) is 0 Å². The molecule has 1 heterocycles. The van der Waals surface area contributed by atoms with Crippen LogP contribution in [0.15, 0.2) is 30.3 Å². The normalized spacial score (nSPS) is 18.6. The molecule has 0 aromatic heterocycles. The molecule has 1 aromatic rings. The smallest absolute Gasteiger partial charge is 0.0240 e. The van der Waals surface area contributed by atoms with Crippen LogP contribution in [0.1, 0.15) is 11.1 Å². The minimum Gasteiger partial charge on any atom is -0.327 e. The zero-order chi connectivity index (χ0) is 12.8. The summed E-state index contributed by atoms with van der Waals surface area (Å²) in [4.78, 5) is 4.91. The molecule has 18 heavy (non-hydrogen) atoms. The van der Waals surface area contributed by atoms with Gasteiger partial charge in [-0.1, -0.05) is 36.4 Å². The molecule has 1 saturated heterocycles. The lowest BCUT2D eigenvalue weighted by Crippen LogP contribution is -2.43. The molecule has 1 aliphatic rings. The van der Waals surface area contributed by atoms with Gasteiger partial charge >= 0.3 is 0 Å². The van der Waals surface area contributed by atoms with E-state index in [0.29, 0.717) is 6.54 Å². The standard InChI is InChI=1S/C15H23N3/c1-17-9-11-18(12-10-17)13-15-6-3-2-5-14(15)7-4-8-16/h2-7H,8-13,16H2,1H3/b7-4+. The van der Waals surface area contributed by atoms with Crippen molar-refractivity contribution in [3.05, 3.63) is 41.5 Å². The van der Waals surface area contributed by atoms with Crippen LogP contribution in [-0.4, -0.2) is 49.6 Å². The zero-order valence-electron chi connectivity index (χ0n) is 11.2. The van der Waals surface area contributed by atoms with E-state index in [0.717, 1.165) is 19.6 Å². The second-order valence-electron chi connectivity index (χ2n) is 4.92. The molecule has 2 rings (SSSR count). The largest absolute Gasteiger partial charge is 0.327 e. The number of hydrogen-bond donors (Lipinski definition) is 1. The Kier molecular flexibility index (Phi) is 4.93. The highest BCUT2D eigenvalue weighted by molar-refractivity contribution is 5.53. The number of benzene rings is 1. The molecule has 0 saturated carbocycles. The molecule has 0 atom stereocenters. The van der Waals surface area contributed by atoms with Crippen LogP contribution >= 0.6 is 0 Å². The monoisotopic (exact) mass is 245 g/mol. The van der Waals surface area contributed by atoms with Gasteiger partial charge in [0.2, 0.25) is 0 Å². The SMILES string of the molecule is CN1CCN(Cc2ccccc2/C=C/CN)CC1. The van der Waals surface area contributed by atoms with E-state index in [1.165, 1.54) is 24.2 Å². The molecule has 3 heteroatoms. The zero-order valence-corrected chi connectivity index (χ0v) is 11.2. The van der Waals surface area contributed by atoms with Crippen LogP contribution in [0.25, 0.3) is 6.08 Å². The maximum Gasteiger partial charge on any atom is 0.0240 e. The third kappa shape index (κ3) is 3.67. The van der Waals surface area contributed by atoms with Crippen molar-refractivity contribution in [2.45, 2.75) is 6.54 Å². The van der Waals surface area contributed by atoms with Gasteiger partial charge < -0.3 is 10.6 Å². The van der Waals surface area contributed by atoms with Gasteiger partial charge in [-0.15, -0.1) is 0 Å². The molecule has 2 N–H and O–H groups in total. The summed E-state index contributed by atoms with van der Waals surface area (Å²) < 4.78 is 0. The lowest BCUT2D eigenvalue weighted by atomic mass is 10.1. The van der Waals surface area contributed by atoms with Gasteiger partial charge in [0.05, 0.1) is 0 Å². The van der Waals surface area contributed by atoms with Crippen molar-refractivity contribution in [3.8, 4) is 0 Å². The first-order valence-corrected chi connectivity index (χ1v) is 6.65. The van der Waals surface area contributed by atoms with Gasteiger partial charge in [0.25, 0.3) is 0 Å². The Labute approximate surface area is 110 Å². The van der Waals surface area contributed by atoms with Crippen molar-refractivity contribution in [1.82, 2.24) is 9.80 Å². The second kappa shape index (κ2) is 6.69. The molecule has 0 bridgehead atoms. The van der Waals surface area contributed by atoms with Crippen molar-refractivity contribution in [2.24, 2.45) is 5.73 Å². The summed E-state index contributed by atoms with van der Waals surface area (Å²) >= 11 is 0. The molecule has 0 aliphatic carbocycles. The van der Waals surface area contributed by atoms with Gasteiger partial charge in [0, 0.05) is 39.3 Å². The maximum absolute atomic E-state index is 5.52. The van der Waals surface area contributed by atoms with Crippen LogP contribution in [0.2, 0.25) is 0 Å². The predicted octanol–water partition coefficient (Wildman–Crippen LogP) is 1.41. The summed E-state index contributed by atoms with van der Waals surface area (Å²) in [6.07, 6.45) is 4.15. The fourth-order valence-corrected chi connectivity index (χ4v) is 2.28. The molecule has 1 aliphatic heterocycles. The van der Waals surface area contributed by atoms with Gasteiger partial charge in [0.15, 0.2) is 0 Å². The van der Waals surface area contributed by atoms with Crippen LogP contribution in [0.5, 0.6) is 0 Å². The highest BCUT2D eigenvalue weighted by Gasteiger charge is 2.14. The number of hydrogen-bond acceptors (Lipinski definition) is 3. The van der Waals surface area contributed by atoms with E-state index in [4.69, 9.17) is 5.73 Å². The van der Waals surface area contributed by atoms with Gasteiger partial charge in [-0.05, 0) is 18.2 Å². The Morgan fingerprint density at radius 3 is 2.61 bits per heavy atom. The first-order chi connectivity index (χ1) is 8.79. The Hall–Kier alpha value is -1.16. The van der Waals surface area contributed by atoms with E-state index >= 15 is 0 Å². The molecule has 0 amide bonds. The van der Waals surface area contributed by atoms with Crippen LogP contribution in [0, 0.1) is 0 Å². The summed E-state index contributed by atoms with van der Waals surface area (Å²) in [5.41, 5.74) is 8.21. The molecule has 1 fully saturated rings. The third-order valence-electron chi connectivity index (χ3n) is 3.48. The molecule has 1 aromatic carbocycles. The summed E-state index contributed by atoms with van der Waals surface area (Å²) in [5.74, 6) is 0. The first kappa shape index (κ1) is 13.3. The van der Waals surface area contributed by atoms with Crippen molar-refractivity contribution in [1.29, 1.82) is 0 Å². The number of nitrogens with zero attached hydrogens (tertiary/aromatic N) is 2. The number of likely N-dealkylation sites (N-methyl/N-ethyl adjacent to an activating group) is 1. The van der Waals surface area contributed by atoms with Crippen molar-refractivity contribution in [3.63, 3.8) is 0 Å².